The molecule has 0 unspecified atom stereocenters. The van der Waals surface area contributed by atoms with Crippen LogP contribution in [-0.4, -0.2) is 51.4 Å². The molecule has 21 heavy (non-hydrogen) atoms. The van der Waals surface area contributed by atoms with E-state index in [2.05, 4.69) is 4.98 Å². The average Bonchev–Trinajstić information content (AvgIpc) is 2.82. The van der Waals surface area contributed by atoms with Gasteiger partial charge in [-0.25, -0.2) is 4.98 Å². The number of amides is 1. The number of hydrogen-bond donors (Lipinski definition) is 0. The molecule has 0 saturated carbocycles. The van der Waals surface area contributed by atoms with Gasteiger partial charge >= 0.3 is 0 Å². The Labute approximate surface area is 127 Å². The Hall–Kier alpha value is -1.34. The van der Waals surface area contributed by atoms with Crippen molar-refractivity contribution in [2.45, 2.75) is 43.7 Å². The first kappa shape index (κ1) is 14.6. The molecule has 1 saturated heterocycles. The van der Waals surface area contributed by atoms with Gasteiger partial charge in [0, 0.05) is 37.5 Å². The van der Waals surface area contributed by atoms with Crippen molar-refractivity contribution in [1.29, 1.82) is 0 Å². The monoisotopic (exact) mass is 309 g/mol. The van der Waals surface area contributed by atoms with Crippen LogP contribution in [0.2, 0.25) is 0 Å². The minimum absolute atomic E-state index is 0.0623. The van der Waals surface area contributed by atoms with Crippen molar-refractivity contribution in [3.8, 4) is 0 Å². The molecule has 3 atom stereocenters. The lowest BCUT2D eigenvalue weighted by molar-refractivity contribution is -0.143. The highest BCUT2D eigenvalue weighted by atomic mass is 32.2. The number of nitrogens with zero attached hydrogens (tertiary/aromatic N) is 3. The molecule has 0 bridgehead atoms. The van der Waals surface area contributed by atoms with Gasteiger partial charge in [0.05, 0.1) is 18.2 Å². The molecular formula is C14H19N3O3S. The number of hydrogen-bond acceptors (Lipinski definition) is 5. The van der Waals surface area contributed by atoms with Crippen molar-refractivity contribution < 1.29 is 9.53 Å². The summed E-state index contributed by atoms with van der Waals surface area (Å²) in [6.07, 6.45) is 2.00. The third-order valence-electron chi connectivity index (χ3n) is 3.80. The van der Waals surface area contributed by atoms with Crippen LogP contribution in [0, 0.1) is 0 Å². The second-order valence-electron chi connectivity index (χ2n) is 5.66. The van der Waals surface area contributed by atoms with Crippen molar-refractivity contribution in [1.82, 2.24) is 14.5 Å². The summed E-state index contributed by atoms with van der Waals surface area (Å²) < 4.78 is 7.30. The summed E-state index contributed by atoms with van der Waals surface area (Å²) in [6, 6.07) is 1.36. The van der Waals surface area contributed by atoms with Gasteiger partial charge < -0.3 is 9.64 Å². The van der Waals surface area contributed by atoms with Crippen LogP contribution in [-0.2, 0) is 9.53 Å². The highest BCUT2D eigenvalue weighted by molar-refractivity contribution is 7.99. The number of thioether (sulfide) groups is 1. The van der Waals surface area contributed by atoms with Gasteiger partial charge in [-0.3, -0.25) is 14.2 Å². The first-order chi connectivity index (χ1) is 10.0. The van der Waals surface area contributed by atoms with E-state index in [1.165, 1.54) is 24.0 Å². The first-order valence-corrected chi connectivity index (χ1v) is 8.16. The van der Waals surface area contributed by atoms with Gasteiger partial charge in [-0.2, -0.15) is 0 Å². The van der Waals surface area contributed by atoms with Gasteiger partial charge in [0.1, 0.15) is 0 Å². The van der Waals surface area contributed by atoms with E-state index in [1.807, 2.05) is 18.7 Å². The molecule has 1 aromatic rings. The Kier molecular flexibility index (Phi) is 4.03. The molecule has 7 heteroatoms. The molecule has 1 amide bonds. The standard InChI is InChI=1S/C14H19N3O3S/c1-9-6-16(7-10(2)20-9)13(19)5-11-8-21-14-15-4-3-12(18)17(11)14/h3-4,9-11H,5-8H2,1-2H3/t9-,10-,11-/m1/s1. The molecular weight excluding hydrogens is 290 g/mol. The third-order valence-corrected chi connectivity index (χ3v) is 4.91. The number of morpholine rings is 1. The maximum absolute atomic E-state index is 12.5. The van der Waals surface area contributed by atoms with Crippen molar-refractivity contribution in [2.75, 3.05) is 18.8 Å². The van der Waals surface area contributed by atoms with Crippen molar-refractivity contribution in [3.63, 3.8) is 0 Å². The summed E-state index contributed by atoms with van der Waals surface area (Å²) >= 11 is 1.54. The van der Waals surface area contributed by atoms with Crippen molar-refractivity contribution in [2.24, 2.45) is 0 Å². The molecule has 1 fully saturated rings. The minimum atomic E-state index is -0.0906. The highest BCUT2D eigenvalue weighted by Gasteiger charge is 2.31. The topological polar surface area (TPSA) is 64.4 Å². The molecule has 114 valence electrons. The molecule has 3 rings (SSSR count). The fourth-order valence-electron chi connectivity index (χ4n) is 2.95. The van der Waals surface area contributed by atoms with Gasteiger partial charge in [-0.1, -0.05) is 11.8 Å². The normalized spacial score (nSPS) is 28.5. The maximum Gasteiger partial charge on any atom is 0.254 e. The fourth-order valence-corrected chi connectivity index (χ4v) is 4.07. The molecule has 0 aliphatic carbocycles. The number of fused-ring (bicyclic) bond motifs is 1. The van der Waals surface area contributed by atoms with Crippen molar-refractivity contribution in [3.05, 3.63) is 22.6 Å². The SMILES string of the molecule is C[C@@H]1CN(C(=O)C[C@@H]2CSc3nccc(=O)n32)C[C@@H](C)O1. The summed E-state index contributed by atoms with van der Waals surface area (Å²) in [5, 5.41) is 0.712. The second-order valence-corrected chi connectivity index (χ2v) is 6.65. The first-order valence-electron chi connectivity index (χ1n) is 7.18. The summed E-state index contributed by atoms with van der Waals surface area (Å²) in [6.45, 7) is 5.20. The van der Waals surface area contributed by atoms with Crippen LogP contribution in [0.1, 0.15) is 26.3 Å². The number of rotatable bonds is 2. The van der Waals surface area contributed by atoms with E-state index in [1.54, 1.807) is 4.57 Å². The van der Waals surface area contributed by atoms with E-state index in [0.717, 1.165) is 5.75 Å². The molecule has 2 aliphatic rings. The smallest absolute Gasteiger partial charge is 0.254 e. The Morgan fingerprint density at radius 2 is 2.14 bits per heavy atom. The summed E-state index contributed by atoms with van der Waals surface area (Å²) in [5.41, 5.74) is -0.0773. The Morgan fingerprint density at radius 3 is 2.86 bits per heavy atom. The molecule has 6 nitrogen and oxygen atoms in total. The quantitative estimate of drug-likeness (QED) is 0.760. The van der Waals surface area contributed by atoms with Crippen LogP contribution >= 0.6 is 11.8 Å². The molecule has 1 aromatic heterocycles. The molecule has 0 aromatic carbocycles. The van der Waals surface area contributed by atoms with Crippen LogP contribution in [0.3, 0.4) is 0 Å². The highest BCUT2D eigenvalue weighted by Crippen LogP contribution is 2.32. The van der Waals surface area contributed by atoms with E-state index in [9.17, 15) is 9.59 Å². The lowest BCUT2D eigenvalue weighted by atomic mass is 10.1. The fraction of sp³-hybridized carbons (Fsp3) is 0.643. The Morgan fingerprint density at radius 1 is 1.43 bits per heavy atom. The predicted molar refractivity (Wildman–Crippen MR) is 79.5 cm³/mol. The van der Waals surface area contributed by atoms with Crippen molar-refractivity contribution >= 4 is 17.7 Å². The van der Waals surface area contributed by atoms with Gasteiger partial charge in [-0.05, 0) is 13.8 Å². The van der Waals surface area contributed by atoms with Gasteiger partial charge in [0.15, 0.2) is 5.16 Å². The molecule has 2 aliphatic heterocycles. The average molecular weight is 309 g/mol. The van der Waals surface area contributed by atoms with Crippen LogP contribution in [0.4, 0.5) is 0 Å². The van der Waals surface area contributed by atoms with E-state index in [0.29, 0.717) is 24.7 Å². The van der Waals surface area contributed by atoms with Crippen LogP contribution in [0.15, 0.2) is 22.2 Å². The zero-order valence-electron chi connectivity index (χ0n) is 12.2. The van der Waals surface area contributed by atoms with Crippen LogP contribution < -0.4 is 5.56 Å². The number of carbonyl (C=O) groups excluding carboxylic acids is 1. The number of aromatic nitrogens is 2. The molecule has 0 radical (unpaired) electrons. The predicted octanol–water partition coefficient (Wildman–Crippen LogP) is 0.916. The Bertz CT molecular complexity index is 593. The third kappa shape index (κ3) is 2.98. The van der Waals surface area contributed by atoms with Gasteiger partial charge in [0.2, 0.25) is 5.91 Å². The zero-order chi connectivity index (χ0) is 15.0. The molecule has 0 N–H and O–H groups in total. The second kappa shape index (κ2) is 5.81. The number of ether oxygens (including phenoxy) is 1. The van der Waals surface area contributed by atoms with Gasteiger partial charge in [0.25, 0.3) is 5.56 Å². The minimum Gasteiger partial charge on any atom is -0.372 e. The summed E-state index contributed by atoms with van der Waals surface area (Å²) in [7, 11) is 0. The molecule has 3 heterocycles. The van der Waals surface area contributed by atoms with E-state index >= 15 is 0 Å². The van der Waals surface area contributed by atoms with Crippen LogP contribution in [0.25, 0.3) is 0 Å². The van der Waals surface area contributed by atoms with E-state index in [-0.39, 0.29) is 29.7 Å². The number of carbonyl (C=O) groups is 1. The maximum atomic E-state index is 12.5. The Balaban J connectivity index is 1.71. The van der Waals surface area contributed by atoms with E-state index < -0.39 is 0 Å². The zero-order valence-corrected chi connectivity index (χ0v) is 13.0. The largest absolute Gasteiger partial charge is 0.372 e. The van der Waals surface area contributed by atoms with E-state index in [4.69, 9.17) is 4.74 Å². The molecule has 0 spiro atoms. The summed E-state index contributed by atoms with van der Waals surface area (Å²) in [5.74, 6) is 0.819. The lowest BCUT2D eigenvalue weighted by Crippen LogP contribution is -2.48. The van der Waals surface area contributed by atoms with Crippen LogP contribution in [0.5, 0.6) is 0 Å². The summed E-state index contributed by atoms with van der Waals surface area (Å²) in [4.78, 5) is 30.5. The lowest BCUT2D eigenvalue weighted by Gasteiger charge is -2.35. The van der Waals surface area contributed by atoms with Gasteiger partial charge in [-0.15, -0.1) is 0 Å².